The fourth-order valence-corrected chi connectivity index (χ4v) is 6.52. The van der Waals surface area contributed by atoms with Crippen LogP contribution >= 0.6 is 0 Å². The standard InChI is InChI=1S/C35H36N2O/c38-35(33-19-11-10-18-32(33)29-14-6-2-7-15-29)37-25-31(34(26-37)30-16-8-3-9-17-30)24-36-22-20-28(21-23-36)27-12-4-1-5-13-27/h1-19,28,31,34H,20-26H2/t31-,34+/m0/s1. The van der Waals surface area contributed by atoms with Gasteiger partial charge in [-0.25, -0.2) is 0 Å². The number of hydrogen-bond acceptors (Lipinski definition) is 2. The Bertz CT molecular complexity index is 1330. The first-order valence-electron chi connectivity index (χ1n) is 14.0. The van der Waals surface area contributed by atoms with Crippen LogP contribution in [0.1, 0.15) is 46.2 Å². The molecule has 0 bridgehead atoms. The van der Waals surface area contributed by atoms with Gasteiger partial charge in [-0.1, -0.05) is 109 Å². The summed E-state index contributed by atoms with van der Waals surface area (Å²) in [4.78, 5) is 18.7. The van der Waals surface area contributed by atoms with Crippen molar-refractivity contribution in [3.05, 3.63) is 132 Å². The maximum Gasteiger partial charge on any atom is 0.254 e. The summed E-state index contributed by atoms with van der Waals surface area (Å²) >= 11 is 0. The fraction of sp³-hybridized carbons (Fsp3) is 0.286. The second kappa shape index (κ2) is 11.4. The summed E-state index contributed by atoms with van der Waals surface area (Å²) < 4.78 is 0. The van der Waals surface area contributed by atoms with Crippen LogP contribution in [0.15, 0.2) is 115 Å². The first-order valence-corrected chi connectivity index (χ1v) is 14.0. The highest BCUT2D eigenvalue weighted by Gasteiger charge is 2.38. The van der Waals surface area contributed by atoms with Crippen molar-refractivity contribution in [2.45, 2.75) is 24.7 Å². The lowest BCUT2D eigenvalue weighted by molar-refractivity contribution is 0.0782. The quantitative estimate of drug-likeness (QED) is 0.282. The fourth-order valence-electron chi connectivity index (χ4n) is 6.52. The van der Waals surface area contributed by atoms with Gasteiger partial charge >= 0.3 is 0 Å². The Labute approximate surface area is 226 Å². The smallest absolute Gasteiger partial charge is 0.254 e. The Balaban J connectivity index is 1.19. The van der Waals surface area contributed by atoms with Gasteiger partial charge in [0.2, 0.25) is 0 Å². The molecule has 6 rings (SSSR count). The van der Waals surface area contributed by atoms with Crippen LogP contribution in [-0.2, 0) is 0 Å². The van der Waals surface area contributed by atoms with Gasteiger partial charge in [-0.2, -0.15) is 0 Å². The van der Waals surface area contributed by atoms with Crippen LogP contribution in [0, 0.1) is 5.92 Å². The van der Waals surface area contributed by atoms with E-state index in [1.54, 1.807) is 0 Å². The number of carbonyl (C=O) groups is 1. The topological polar surface area (TPSA) is 23.6 Å². The molecule has 3 heteroatoms. The molecule has 0 aromatic heterocycles. The summed E-state index contributed by atoms with van der Waals surface area (Å²) in [6.45, 7) is 4.88. The molecule has 2 atom stereocenters. The van der Waals surface area contributed by atoms with Gasteiger partial charge in [0.1, 0.15) is 0 Å². The van der Waals surface area contributed by atoms with E-state index >= 15 is 0 Å². The van der Waals surface area contributed by atoms with Crippen LogP contribution in [0.3, 0.4) is 0 Å². The molecule has 0 saturated carbocycles. The molecule has 0 N–H and O–H groups in total. The lowest BCUT2D eigenvalue weighted by Gasteiger charge is -2.34. The molecule has 1 amide bonds. The molecule has 2 fully saturated rings. The van der Waals surface area contributed by atoms with Gasteiger partial charge in [0.05, 0.1) is 0 Å². The number of nitrogens with zero attached hydrogens (tertiary/aromatic N) is 2. The number of amides is 1. The van der Waals surface area contributed by atoms with Crippen molar-refractivity contribution in [1.29, 1.82) is 0 Å². The number of piperidine rings is 1. The second-order valence-corrected chi connectivity index (χ2v) is 10.9. The average molecular weight is 501 g/mol. The number of hydrogen-bond donors (Lipinski definition) is 0. The van der Waals surface area contributed by atoms with Gasteiger partial charge in [0.15, 0.2) is 0 Å². The van der Waals surface area contributed by atoms with Gasteiger partial charge in [-0.15, -0.1) is 0 Å². The third kappa shape index (κ3) is 5.30. The predicted octanol–water partition coefficient (Wildman–Crippen LogP) is 7.09. The molecule has 4 aromatic rings. The van der Waals surface area contributed by atoms with Crippen LogP contribution in [0.2, 0.25) is 0 Å². The Kier molecular flexibility index (Phi) is 7.37. The molecule has 192 valence electrons. The molecule has 2 aliphatic heterocycles. The van der Waals surface area contributed by atoms with Gasteiger partial charge in [0.25, 0.3) is 5.91 Å². The zero-order valence-electron chi connectivity index (χ0n) is 22.0. The van der Waals surface area contributed by atoms with Gasteiger partial charge in [-0.3, -0.25) is 4.79 Å². The minimum absolute atomic E-state index is 0.149. The Morgan fingerprint density at radius 3 is 1.92 bits per heavy atom. The summed E-state index contributed by atoms with van der Waals surface area (Å²) in [6, 6.07) is 40.1. The van der Waals surface area contributed by atoms with Gasteiger partial charge < -0.3 is 9.80 Å². The number of rotatable bonds is 6. The van der Waals surface area contributed by atoms with E-state index in [0.29, 0.717) is 17.8 Å². The normalized spacial score (nSPS) is 20.5. The highest BCUT2D eigenvalue weighted by Crippen LogP contribution is 2.36. The molecule has 0 unspecified atom stereocenters. The molecule has 4 aromatic carbocycles. The maximum absolute atomic E-state index is 14.0. The third-order valence-corrected chi connectivity index (χ3v) is 8.55. The largest absolute Gasteiger partial charge is 0.338 e. The van der Waals surface area contributed by atoms with Crippen LogP contribution < -0.4 is 0 Å². The van der Waals surface area contributed by atoms with Crippen molar-refractivity contribution in [3.8, 4) is 11.1 Å². The van der Waals surface area contributed by atoms with E-state index in [1.807, 2.05) is 36.4 Å². The molecule has 38 heavy (non-hydrogen) atoms. The first-order chi connectivity index (χ1) is 18.8. The van der Waals surface area contributed by atoms with Crippen molar-refractivity contribution < 1.29 is 4.79 Å². The highest BCUT2D eigenvalue weighted by molar-refractivity contribution is 6.01. The van der Waals surface area contributed by atoms with Crippen LogP contribution in [0.4, 0.5) is 0 Å². The van der Waals surface area contributed by atoms with E-state index in [0.717, 1.165) is 49.4 Å². The Hall–Kier alpha value is -3.69. The van der Waals surface area contributed by atoms with Crippen molar-refractivity contribution in [3.63, 3.8) is 0 Å². The molecule has 0 spiro atoms. The molecule has 2 aliphatic rings. The van der Waals surface area contributed by atoms with Crippen LogP contribution in [0.25, 0.3) is 11.1 Å². The third-order valence-electron chi connectivity index (χ3n) is 8.55. The van der Waals surface area contributed by atoms with Crippen LogP contribution in [0.5, 0.6) is 0 Å². The molecule has 3 nitrogen and oxygen atoms in total. The van der Waals surface area contributed by atoms with Crippen LogP contribution in [-0.4, -0.2) is 48.4 Å². The monoisotopic (exact) mass is 500 g/mol. The van der Waals surface area contributed by atoms with Gasteiger partial charge in [0, 0.05) is 31.1 Å². The summed E-state index contributed by atoms with van der Waals surface area (Å²) in [5.41, 5.74) is 5.73. The number of carbonyl (C=O) groups excluding carboxylic acids is 1. The van der Waals surface area contributed by atoms with E-state index in [1.165, 1.54) is 24.0 Å². The summed E-state index contributed by atoms with van der Waals surface area (Å²) in [7, 11) is 0. The lowest BCUT2D eigenvalue weighted by atomic mass is 9.86. The Morgan fingerprint density at radius 1 is 0.658 bits per heavy atom. The van der Waals surface area contributed by atoms with Crippen molar-refractivity contribution in [2.75, 3.05) is 32.7 Å². The molecule has 0 radical (unpaired) electrons. The minimum atomic E-state index is 0.149. The van der Waals surface area contributed by atoms with E-state index in [4.69, 9.17) is 0 Å². The zero-order chi connectivity index (χ0) is 25.7. The maximum atomic E-state index is 14.0. The molecular formula is C35H36N2O. The van der Waals surface area contributed by atoms with E-state index in [9.17, 15) is 4.79 Å². The highest BCUT2D eigenvalue weighted by atomic mass is 16.2. The first kappa shape index (κ1) is 24.6. The zero-order valence-corrected chi connectivity index (χ0v) is 22.0. The minimum Gasteiger partial charge on any atom is -0.338 e. The average Bonchev–Trinajstić information content (AvgIpc) is 3.42. The van der Waals surface area contributed by atoms with E-state index in [2.05, 4.69) is 88.7 Å². The Morgan fingerprint density at radius 2 is 1.24 bits per heavy atom. The van der Waals surface area contributed by atoms with Gasteiger partial charge in [-0.05, 0) is 66.1 Å². The predicted molar refractivity (Wildman–Crippen MR) is 155 cm³/mol. The lowest BCUT2D eigenvalue weighted by Crippen LogP contribution is -2.38. The van der Waals surface area contributed by atoms with E-state index in [-0.39, 0.29) is 5.91 Å². The molecule has 0 aliphatic carbocycles. The van der Waals surface area contributed by atoms with Crippen molar-refractivity contribution >= 4 is 5.91 Å². The number of benzene rings is 4. The summed E-state index contributed by atoms with van der Waals surface area (Å²) in [5.74, 6) is 1.60. The molecular weight excluding hydrogens is 464 g/mol. The summed E-state index contributed by atoms with van der Waals surface area (Å²) in [5, 5.41) is 0. The van der Waals surface area contributed by atoms with Crippen molar-refractivity contribution in [2.24, 2.45) is 5.92 Å². The SMILES string of the molecule is O=C(c1ccccc1-c1ccccc1)N1C[C@H](CN2CCC(c3ccccc3)CC2)[C@@H](c2ccccc2)C1. The van der Waals surface area contributed by atoms with E-state index < -0.39 is 0 Å². The molecule has 2 saturated heterocycles. The van der Waals surface area contributed by atoms with Crippen molar-refractivity contribution in [1.82, 2.24) is 9.80 Å². The number of likely N-dealkylation sites (tertiary alicyclic amines) is 2. The second-order valence-electron chi connectivity index (χ2n) is 10.9. The summed E-state index contributed by atoms with van der Waals surface area (Å²) in [6.07, 6.45) is 2.42. The molecule has 2 heterocycles.